The number of hydrogen-bond donors (Lipinski definition) is 2. The first-order valence-electron chi connectivity index (χ1n) is 8.68. The molecule has 0 spiro atoms. The minimum Gasteiger partial charge on any atom is -0.392 e. The Labute approximate surface area is 171 Å². The van der Waals surface area contributed by atoms with Crippen LogP contribution >= 0.6 is 11.6 Å². The van der Waals surface area contributed by atoms with E-state index in [1.54, 1.807) is 4.52 Å². The molecule has 3 rings (SSSR count). The van der Waals surface area contributed by atoms with Gasteiger partial charge in [0.05, 0.1) is 28.6 Å². The van der Waals surface area contributed by atoms with Crippen LogP contribution in [0, 0.1) is 11.3 Å². The van der Waals surface area contributed by atoms with Crippen LogP contribution in [-0.2, 0) is 10.0 Å². The minimum atomic E-state index is -4.49. The van der Waals surface area contributed by atoms with E-state index in [1.165, 1.54) is 6.20 Å². The van der Waals surface area contributed by atoms with Crippen molar-refractivity contribution in [2.24, 2.45) is 0 Å². The average molecular weight is 451 g/mol. The highest BCUT2D eigenvalue weighted by Gasteiger charge is 2.34. The fourth-order valence-electron chi connectivity index (χ4n) is 2.95. The van der Waals surface area contributed by atoms with Crippen molar-refractivity contribution in [2.75, 3.05) is 18.8 Å². The quantitative estimate of drug-likeness (QED) is 0.728. The zero-order valence-electron chi connectivity index (χ0n) is 15.8. The van der Waals surface area contributed by atoms with Gasteiger partial charge in [0.25, 0.3) is 10.0 Å². The number of hydrogen-bond acceptors (Lipinski definition) is 7. The summed E-state index contributed by atoms with van der Waals surface area (Å²) in [6.45, 7) is 3.80. The Balaban J connectivity index is 0.000000212. The first-order chi connectivity index (χ1) is 13.5. The Morgan fingerprint density at radius 2 is 2.10 bits per heavy atom. The van der Waals surface area contributed by atoms with Crippen molar-refractivity contribution >= 4 is 33.1 Å². The summed E-state index contributed by atoms with van der Waals surface area (Å²) in [5.74, 6) is -3.10. The van der Waals surface area contributed by atoms with Gasteiger partial charge in [0.1, 0.15) is 11.6 Å². The summed E-state index contributed by atoms with van der Waals surface area (Å²) in [6, 6.07) is 2.09. The fraction of sp³-hybridized carbons (Fsp3) is 0.562. The summed E-state index contributed by atoms with van der Waals surface area (Å²) in [6.07, 6.45) is 1.60. The summed E-state index contributed by atoms with van der Waals surface area (Å²) < 4.78 is 48.1. The van der Waals surface area contributed by atoms with Gasteiger partial charge >= 0.3 is 5.76 Å². The number of sulfonamides is 1. The van der Waals surface area contributed by atoms with E-state index in [4.69, 9.17) is 27.7 Å². The van der Waals surface area contributed by atoms with E-state index in [0.29, 0.717) is 33.2 Å². The Hall–Kier alpha value is -2.07. The number of piperidine rings is 1. The van der Waals surface area contributed by atoms with Gasteiger partial charge in [-0.1, -0.05) is 25.4 Å². The Morgan fingerprint density at radius 3 is 2.62 bits per heavy atom. The SMILES string of the molecule is CC(C)c1c(C#N)c(Cl)c2cnc(N)nn12.O=S(=O)(C(F)F)N1CCCC(O)C1. The third kappa shape index (κ3) is 4.92. The molecule has 0 saturated carbocycles. The number of fused-ring (bicyclic) bond motifs is 1. The molecule has 2 aromatic heterocycles. The molecule has 1 aliphatic heterocycles. The second-order valence-electron chi connectivity index (χ2n) is 6.71. The van der Waals surface area contributed by atoms with Crippen LogP contribution in [0.25, 0.3) is 5.52 Å². The number of alkyl halides is 2. The van der Waals surface area contributed by atoms with Gasteiger partial charge in [-0.2, -0.15) is 18.3 Å². The summed E-state index contributed by atoms with van der Waals surface area (Å²) >= 11 is 6.09. The van der Waals surface area contributed by atoms with E-state index in [2.05, 4.69) is 16.2 Å². The molecule has 2 aromatic rings. The highest BCUT2D eigenvalue weighted by molar-refractivity contribution is 7.89. The molecule has 160 valence electrons. The summed E-state index contributed by atoms with van der Waals surface area (Å²) in [5.41, 5.74) is 7.33. The number of β-amino-alcohol motifs (C(OH)–C–C–N with tert-alkyl or cyclic N) is 1. The largest absolute Gasteiger partial charge is 0.392 e. The monoisotopic (exact) mass is 450 g/mol. The molecule has 0 aliphatic carbocycles. The van der Waals surface area contributed by atoms with Crippen LogP contribution < -0.4 is 5.73 Å². The number of aromatic nitrogens is 3. The molecule has 1 fully saturated rings. The lowest BCUT2D eigenvalue weighted by Crippen LogP contribution is -2.44. The molecule has 1 saturated heterocycles. The van der Waals surface area contributed by atoms with Crippen molar-refractivity contribution < 1.29 is 22.3 Å². The number of aliphatic hydroxyl groups excluding tert-OH is 1. The number of halogens is 3. The number of rotatable bonds is 3. The maximum atomic E-state index is 12.0. The van der Waals surface area contributed by atoms with E-state index in [-0.39, 0.29) is 25.0 Å². The predicted molar refractivity (Wildman–Crippen MR) is 103 cm³/mol. The molecule has 3 heterocycles. The molecular formula is C16H21ClF2N6O3S. The molecule has 0 bridgehead atoms. The van der Waals surface area contributed by atoms with E-state index in [0.717, 1.165) is 5.69 Å². The molecule has 1 aliphatic rings. The normalized spacial score (nSPS) is 18.0. The number of nitrogen functional groups attached to an aromatic ring is 1. The molecule has 13 heteroatoms. The third-order valence-electron chi connectivity index (χ3n) is 4.28. The topological polar surface area (TPSA) is 138 Å². The second kappa shape index (κ2) is 9.17. The third-order valence-corrected chi connectivity index (χ3v) is 6.17. The van der Waals surface area contributed by atoms with Crippen LogP contribution in [0.3, 0.4) is 0 Å². The van der Waals surface area contributed by atoms with E-state index in [9.17, 15) is 17.2 Å². The molecule has 0 amide bonds. The molecule has 9 nitrogen and oxygen atoms in total. The first-order valence-corrected chi connectivity index (χ1v) is 10.6. The van der Waals surface area contributed by atoms with Crippen LogP contribution in [0.2, 0.25) is 5.02 Å². The number of nitrogens with two attached hydrogens (primary N) is 1. The smallest absolute Gasteiger partial charge is 0.350 e. The highest BCUT2D eigenvalue weighted by atomic mass is 35.5. The van der Waals surface area contributed by atoms with Gasteiger partial charge in [0, 0.05) is 13.1 Å². The highest BCUT2D eigenvalue weighted by Crippen LogP contribution is 2.31. The van der Waals surface area contributed by atoms with E-state index in [1.807, 2.05) is 13.8 Å². The van der Waals surface area contributed by atoms with Crippen LogP contribution in [0.5, 0.6) is 0 Å². The molecule has 1 unspecified atom stereocenters. The molecule has 0 aromatic carbocycles. The Morgan fingerprint density at radius 1 is 1.45 bits per heavy atom. The zero-order chi connectivity index (χ0) is 21.9. The lowest BCUT2D eigenvalue weighted by Gasteiger charge is -2.28. The number of aliphatic hydroxyl groups is 1. The maximum Gasteiger partial charge on any atom is 0.350 e. The summed E-state index contributed by atoms with van der Waals surface area (Å²) in [5, 5.41) is 22.6. The van der Waals surface area contributed by atoms with Crippen molar-refractivity contribution in [2.45, 2.75) is 44.5 Å². The van der Waals surface area contributed by atoms with Crippen molar-refractivity contribution in [3.05, 3.63) is 22.5 Å². The van der Waals surface area contributed by atoms with Gasteiger partial charge in [-0.3, -0.25) is 0 Å². The fourth-order valence-corrected chi connectivity index (χ4v) is 4.20. The van der Waals surface area contributed by atoms with Gasteiger partial charge in [-0.05, 0) is 18.8 Å². The Kier molecular flexibility index (Phi) is 7.34. The first kappa shape index (κ1) is 23.2. The lowest BCUT2D eigenvalue weighted by molar-refractivity contribution is 0.103. The number of nitriles is 1. The van der Waals surface area contributed by atoms with Gasteiger partial charge in [-0.25, -0.2) is 17.9 Å². The average Bonchev–Trinajstić information content (AvgIpc) is 2.93. The molecule has 0 radical (unpaired) electrons. The van der Waals surface area contributed by atoms with Gasteiger partial charge in [0.2, 0.25) is 5.95 Å². The van der Waals surface area contributed by atoms with Crippen LogP contribution in [0.1, 0.15) is 43.9 Å². The number of anilines is 1. The van der Waals surface area contributed by atoms with Crippen molar-refractivity contribution in [1.82, 2.24) is 18.9 Å². The van der Waals surface area contributed by atoms with Crippen LogP contribution in [-0.4, -0.2) is 57.4 Å². The van der Waals surface area contributed by atoms with Crippen molar-refractivity contribution in [3.63, 3.8) is 0 Å². The zero-order valence-corrected chi connectivity index (χ0v) is 17.3. The Bertz CT molecular complexity index is 1020. The van der Waals surface area contributed by atoms with Crippen LogP contribution in [0.4, 0.5) is 14.7 Å². The molecule has 3 N–H and O–H groups in total. The van der Waals surface area contributed by atoms with Crippen molar-refractivity contribution in [1.29, 1.82) is 5.26 Å². The molecular weight excluding hydrogens is 430 g/mol. The lowest BCUT2D eigenvalue weighted by atomic mass is 10.1. The van der Waals surface area contributed by atoms with Gasteiger partial charge in [0.15, 0.2) is 0 Å². The standard InChI is InChI=1S/C10H10ClN5.C6H11F2NO3S/c1-5(2)9-6(3-12)8(11)7-4-14-10(13)15-16(7)9;7-6(8)13(11,12)9-3-1-2-5(10)4-9/h4-5H,1-2H3,(H2,13,15);5-6,10H,1-4H2. The summed E-state index contributed by atoms with van der Waals surface area (Å²) in [7, 11) is -4.49. The van der Waals surface area contributed by atoms with Crippen LogP contribution in [0.15, 0.2) is 6.20 Å². The maximum absolute atomic E-state index is 12.0. The van der Waals surface area contributed by atoms with Gasteiger partial charge in [-0.15, -0.1) is 5.10 Å². The number of nitrogens with zero attached hydrogens (tertiary/aromatic N) is 5. The van der Waals surface area contributed by atoms with Crippen molar-refractivity contribution in [3.8, 4) is 6.07 Å². The molecule has 1 atom stereocenters. The second-order valence-corrected chi connectivity index (χ2v) is 8.99. The van der Waals surface area contributed by atoms with E-state index < -0.39 is 21.9 Å². The van der Waals surface area contributed by atoms with Gasteiger partial charge < -0.3 is 10.8 Å². The molecule has 29 heavy (non-hydrogen) atoms. The minimum absolute atomic E-state index is 0.0731. The predicted octanol–water partition coefficient (Wildman–Crippen LogP) is 1.96. The van der Waals surface area contributed by atoms with E-state index >= 15 is 0 Å². The summed E-state index contributed by atoms with van der Waals surface area (Å²) in [4.78, 5) is 3.87.